The van der Waals surface area contributed by atoms with E-state index in [1.54, 1.807) is 23.6 Å². The van der Waals surface area contributed by atoms with Crippen molar-refractivity contribution >= 4 is 23.6 Å². The van der Waals surface area contributed by atoms with Crippen LogP contribution in [-0.4, -0.2) is 45.3 Å². The maximum atomic E-state index is 12.9. The molecule has 146 valence electrons. The number of aliphatic hydroxyl groups excluding tert-OH is 1. The van der Waals surface area contributed by atoms with Crippen molar-refractivity contribution < 1.29 is 19.4 Å². The van der Waals surface area contributed by atoms with Crippen molar-refractivity contribution in [3.63, 3.8) is 0 Å². The zero-order chi connectivity index (χ0) is 19.7. The number of carbonyl (C=O) groups excluding carboxylic acids is 2. The van der Waals surface area contributed by atoms with Crippen molar-refractivity contribution in [1.29, 1.82) is 0 Å². The zero-order valence-electron chi connectivity index (χ0n) is 15.6. The number of fused-ring (bicyclic) bond motifs is 1. The topological polar surface area (TPSA) is 66.8 Å². The van der Waals surface area contributed by atoms with Crippen molar-refractivity contribution in [3.8, 4) is 0 Å². The van der Waals surface area contributed by atoms with Crippen LogP contribution < -0.4 is 0 Å². The fourth-order valence-electron chi connectivity index (χ4n) is 4.13. The van der Waals surface area contributed by atoms with Crippen LogP contribution in [0.3, 0.4) is 0 Å². The molecule has 1 N–H and O–H groups in total. The summed E-state index contributed by atoms with van der Waals surface area (Å²) in [6.07, 6.45) is -0.0402. The summed E-state index contributed by atoms with van der Waals surface area (Å²) in [6, 6.07) is 18.6. The second kappa shape index (κ2) is 7.97. The van der Waals surface area contributed by atoms with Crippen molar-refractivity contribution in [2.45, 2.75) is 48.3 Å². The number of esters is 1. The number of ether oxygens (including phenoxy) is 1. The normalized spacial score (nSPS) is 27.1. The Kier molecular flexibility index (Phi) is 5.42. The standard InChI is InChI=1S/C22H23NO4S/c1-14(24)19-17-12-18(28-16-10-6-3-7-11-16)20(23(17)21(19)25)22(26)27-13-15-8-4-2-5-9-15/h2-11,14,17-20,24H,12-13H2,1H3/t14?,17-,18?,19+,20?/m0/s1. The Hall–Kier alpha value is -2.31. The molecule has 0 saturated carbocycles. The molecule has 2 aromatic rings. The Morgan fingerprint density at radius 3 is 2.46 bits per heavy atom. The second-order valence-corrected chi connectivity index (χ2v) is 8.64. The first-order valence-electron chi connectivity index (χ1n) is 9.49. The molecule has 28 heavy (non-hydrogen) atoms. The molecule has 4 rings (SSSR count). The lowest BCUT2D eigenvalue weighted by Gasteiger charge is -2.46. The molecule has 2 aliphatic heterocycles. The number of amides is 1. The number of aliphatic hydroxyl groups is 1. The SMILES string of the molecule is CC(O)[C@H]1C(=O)N2C(C(=O)OCc3ccccc3)C(Sc3ccccc3)C[C@@H]12. The Balaban J connectivity index is 1.52. The van der Waals surface area contributed by atoms with E-state index in [1.165, 1.54) is 0 Å². The van der Waals surface area contributed by atoms with E-state index in [9.17, 15) is 14.7 Å². The third kappa shape index (κ3) is 3.54. The molecule has 2 aromatic carbocycles. The molecule has 5 atom stereocenters. The monoisotopic (exact) mass is 397 g/mol. The largest absolute Gasteiger partial charge is 0.459 e. The molecule has 0 aromatic heterocycles. The molecule has 2 aliphatic rings. The van der Waals surface area contributed by atoms with Gasteiger partial charge >= 0.3 is 5.97 Å². The molecule has 5 nitrogen and oxygen atoms in total. The molecule has 2 saturated heterocycles. The van der Waals surface area contributed by atoms with Crippen molar-refractivity contribution in [3.05, 3.63) is 66.2 Å². The van der Waals surface area contributed by atoms with Gasteiger partial charge in [0.1, 0.15) is 12.6 Å². The predicted octanol–water partition coefficient (Wildman–Crippen LogP) is 2.87. The fourth-order valence-corrected chi connectivity index (χ4v) is 5.46. The van der Waals surface area contributed by atoms with Crippen molar-refractivity contribution in [2.24, 2.45) is 5.92 Å². The number of thioether (sulfide) groups is 1. The van der Waals surface area contributed by atoms with E-state index in [1.807, 2.05) is 60.7 Å². The smallest absolute Gasteiger partial charge is 0.330 e. The molecule has 2 heterocycles. The number of hydrogen-bond donors (Lipinski definition) is 1. The molecular formula is C22H23NO4S. The van der Waals surface area contributed by atoms with Crippen molar-refractivity contribution in [2.75, 3.05) is 0 Å². The van der Waals surface area contributed by atoms with Gasteiger partial charge in [0.15, 0.2) is 0 Å². The van der Waals surface area contributed by atoms with Crippen LogP contribution in [0.15, 0.2) is 65.6 Å². The minimum absolute atomic E-state index is 0.0941. The van der Waals surface area contributed by atoms with E-state index in [0.717, 1.165) is 10.5 Å². The van der Waals surface area contributed by atoms with Crippen molar-refractivity contribution in [1.82, 2.24) is 4.90 Å². The zero-order valence-corrected chi connectivity index (χ0v) is 16.4. The molecule has 1 amide bonds. The first kappa shape index (κ1) is 19.0. The molecule has 0 aliphatic carbocycles. The van der Waals surface area contributed by atoms with Gasteiger partial charge < -0.3 is 14.7 Å². The van der Waals surface area contributed by atoms with Gasteiger partial charge in [-0.05, 0) is 31.0 Å². The quantitative estimate of drug-likeness (QED) is 0.600. The highest BCUT2D eigenvalue weighted by Crippen LogP contribution is 2.47. The van der Waals surface area contributed by atoms with Crippen LogP contribution >= 0.6 is 11.8 Å². The van der Waals surface area contributed by atoms with Crippen LogP contribution in [-0.2, 0) is 20.9 Å². The van der Waals surface area contributed by atoms with E-state index in [4.69, 9.17) is 4.74 Å². The first-order chi connectivity index (χ1) is 13.6. The Morgan fingerprint density at radius 1 is 1.18 bits per heavy atom. The highest BCUT2D eigenvalue weighted by atomic mass is 32.2. The minimum Gasteiger partial charge on any atom is -0.459 e. The molecule has 2 fully saturated rings. The predicted molar refractivity (Wildman–Crippen MR) is 107 cm³/mol. The van der Waals surface area contributed by atoms with Crippen LogP contribution in [0.1, 0.15) is 18.9 Å². The van der Waals surface area contributed by atoms with Gasteiger partial charge in [-0.25, -0.2) is 4.79 Å². The minimum atomic E-state index is -0.713. The lowest BCUT2D eigenvalue weighted by molar-refractivity contribution is -0.172. The maximum absolute atomic E-state index is 12.9. The van der Waals surface area contributed by atoms with Crippen LogP contribution in [0.25, 0.3) is 0 Å². The summed E-state index contributed by atoms with van der Waals surface area (Å²) in [4.78, 5) is 28.2. The summed E-state index contributed by atoms with van der Waals surface area (Å²) in [5.74, 6) is -0.958. The Morgan fingerprint density at radius 2 is 1.82 bits per heavy atom. The Bertz CT molecular complexity index is 842. The lowest BCUT2D eigenvalue weighted by Crippen LogP contribution is -2.65. The Labute approximate surface area is 168 Å². The van der Waals surface area contributed by atoms with E-state index in [-0.39, 0.29) is 29.8 Å². The molecular weight excluding hydrogens is 374 g/mol. The van der Waals surface area contributed by atoms with Crippen LogP contribution in [0, 0.1) is 5.92 Å². The lowest BCUT2D eigenvalue weighted by atomic mass is 9.84. The molecule has 0 radical (unpaired) electrons. The molecule has 0 spiro atoms. The third-order valence-electron chi connectivity index (χ3n) is 5.45. The molecule has 0 bridgehead atoms. The van der Waals surface area contributed by atoms with Gasteiger partial charge in [0, 0.05) is 16.2 Å². The van der Waals surface area contributed by atoms with Gasteiger partial charge in [-0.2, -0.15) is 0 Å². The summed E-state index contributed by atoms with van der Waals surface area (Å²) in [5, 5.41) is 9.88. The van der Waals surface area contributed by atoms with Crippen LogP contribution in [0.4, 0.5) is 0 Å². The van der Waals surface area contributed by atoms with E-state index in [2.05, 4.69) is 0 Å². The summed E-state index contributed by atoms with van der Waals surface area (Å²) in [7, 11) is 0. The number of rotatable bonds is 6. The molecule has 6 heteroatoms. The second-order valence-electron chi connectivity index (χ2n) is 7.32. The van der Waals surface area contributed by atoms with Gasteiger partial charge in [0.05, 0.1) is 12.0 Å². The van der Waals surface area contributed by atoms with E-state index >= 15 is 0 Å². The number of benzene rings is 2. The average molecular weight is 397 g/mol. The maximum Gasteiger partial charge on any atom is 0.330 e. The molecule has 3 unspecified atom stereocenters. The highest BCUT2D eigenvalue weighted by Gasteiger charge is 2.61. The fraction of sp³-hybridized carbons (Fsp3) is 0.364. The van der Waals surface area contributed by atoms with Gasteiger partial charge in [0.2, 0.25) is 5.91 Å². The summed E-state index contributed by atoms with van der Waals surface area (Å²) >= 11 is 1.60. The number of carbonyl (C=O) groups is 2. The summed E-state index contributed by atoms with van der Waals surface area (Å²) in [5.41, 5.74) is 0.912. The summed E-state index contributed by atoms with van der Waals surface area (Å²) < 4.78 is 5.57. The van der Waals surface area contributed by atoms with E-state index in [0.29, 0.717) is 6.42 Å². The third-order valence-corrected chi connectivity index (χ3v) is 6.75. The van der Waals surface area contributed by atoms with E-state index < -0.39 is 18.1 Å². The number of hydrogen-bond acceptors (Lipinski definition) is 5. The summed E-state index contributed by atoms with van der Waals surface area (Å²) in [6.45, 7) is 1.83. The highest BCUT2D eigenvalue weighted by molar-refractivity contribution is 8.00. The van der Waals surface area contributed by atoms with Crippen LogP contribution in [0.2, 0.25) is 0 Å². The number of β-lactam (4-membered cyclic amide) rings is 1. The van der Waals surface area contributed by atoms with Gasteiger partial charge in [-0.1, -0.05) is 48.5 Å². The number of nitrogens with zero attached hydrogens (tertiary/aromatic N) is 1. The average Bonchev–Trinajstić information content (AvgIpc) is 3.01. The van der Waals surface area contributed by atoms with Gasteiger partial charge in [0.25, 0.3) is 0 Å². The van der Waals surface area contributed by atoms with Crippen LogP contribution in [0.5, 0.6) is 0 Å². The first-order valence-corrected chi connectivity index (χ1v) is 10.4. The van der Waals surface area contributed by atoms with Gasteiger partial charge in [-0.3, -0.25) is 4.79 Å². The van der Waals surface area contributed by atoms with Gasteiger partial charge in [-0.15, -0.1) is 11.8 Å².